The van der Waals surface area contributed by atoms with E-state index in [0.717, 1.165) is 12.0 Å². The highest BCUT2D eigenvalue weighted by Crippen LogP contribution is 2.43. The standard InChI is InChI=1S/C27H37NO5Si/c1-27(2)31-25-24(29-18-20-14-10-7-11-15-20)23(30-26(25)32-27)21-16-22(34(3,4)5)33-28(21)17-19-12-8-6-9-13-19/h6-15,21-26H,16-18H2,1-5H3/t21-,22+,23-,24-,25-,26-/m1/s1. The molecule has 34 heavy (non-hydrogen) atoms. The molecule has 184 valence electrons. The maximum atomic E-state index is 6.61. The molecule has 6 atom stereocenters. The first-order chi connectivity index (χ1) is 16.2. The molecule has 0 bridgehead atoms. The predicted octanol–water partition coefficient (Wildman–Crippen LogP) is 4.90. The Kier molecular flexibility index (Phi) is 6.72. The minimum absolute atomic E-state index is 0.0543. The summed E-state index contributed by atoms with van der Waals surface area (Å²) in [5.41, 5.74) is 2.57. The first-order valence-corrected chi connectivity index (χ1v) is 15.9. The number of hydroxylamine groups is 2. The maximum absolute atomic E-state index is 6.61. The van der Waals surface area contributed by atoms with E-state index in [0.29, 0.717) is 13.2 Å². The van der Waals surface area contributed by atoms with Crippen LogP contribution in [-0.4, -0.2) is 55.3 Å². The van der Waals surface area contributed by atoms with Crippen LogP contribution in [0.1, 0.15) is 31.4 Å². The molecule has 0 aliphatic carbocycles. The van der Waals surface area contributed by atoms with Crippen molar-refractivity contribution in [3.63, 3.8) is 0 Å². The van der Waals surface area contributed by atoms with E-state index in [1.165, 1.54) is 5.56 Å². The summed E-state index contributed by atoms with van der Waals surface area (Å²) in [7, 11) is -1.54. The van der Waals surface area contributed by atoms with Gasteiger partial charge in [0.1, 0.15) is 18.3 Å². The monoisotopic (exact) mass is 483 g/mol. The fourth-order valence-electron chi connectivity index (χ4n) is 5.12. The van der Waals surface area contributed by atoms with E-state index in [2.05, 4.69) is 61.1 Å². The van der Waals surface area contributed by atoms with Crippen LogP contribution in [0.5, 0.6) is 0 Å². The van der Waals surface area contributed by atoms with Crippen molar-refractivity contribution in [3.05, 3.63) is 71.8 Å². The predicted molar refractivity (Wildman–Crippen MR) is 132 cm³/mol. The van der Waals surface area contributed by atoms with Gasteiger partial charge in [0.15, 0.2) is 12.1 Å². The van der Waals surface area contributed by atoms with Gasteiger partial charge in [-0.15, -0.1) is 0 Å². The van der Waals surface area contributed by atoms with E-state index in [4.69, 9.17) is 23.8 Å². The third kappa shape index (κ3) is 5.16. The summed E-state index contributed by atoms with van der Waals surface area (Å²) in [6.07, 6.45) is -0.251. The molecular formula is C27H37NO5Si. The van der Waals surface area contributed by atoms with Crippen molar-refractivity contribution in [3.8, 4) is 0 Å². The maximum Gasteiger partial charge on any atom is 0.190 e. The summed E-state index contributed by atoms with van der Waals surface area (Å²) in [6, 6.07) is 20.8. The number of rotatable bonds is 7. The highest BCUT2D eigenvalue weighted by Gasteiger charge is 2.59. The van der Waals surface area contributed by atoms with Gasteiger partial charge in [-0.3, -0.25) is 4.84 Å². The van der Waals surface area contributed by atoms with Crippen LogP contribution >= 0.6 is 0 Å². The Labute approximate surface area is 204 Å². The van der Waals surface area contributed by atoms with Crippen LogP contribution in [0, 0.1) is 0 Å². The molecule has 7 heteroatoms. The Morgan fingerprint density at radius 1 is 0.912 bits per heavy atom. The van der Waals surface area contributed by atoms with Crippen LogP contribution in [0.3, 0.4) is 0 Å². The molecule has 6 nitrogen and oxygen atoms in total. The lowest BCUT2D eigenvalue weighted by Crippen LogP contribution is -2.47. The molecule has 2 aromatic carbocycles. The number of nitrogens with zero attached hydrogens (tertiary/aromatic N) is 1. The van der Waals surface area contributed by atoms with Gasteiger partial charge in [-0.25, -0.2) is 0 Å². The second kappa shape index (κ2) is 9.46. The van der Waals surface area contributed by atoms with E-state index in [9.17, 15) is 0 Å². The van der Waals surface area contributed by atoms with Gasteiger partial charge in [-0.2, -0.15) is 5.06 Å². The number of hydrogen-bond donors (Lipinski definition) is 0. The molecule has 0 unspecified atom stereocenters. The van der Waals surface area contributed by atoms with Crippen molar-refractivity contribution in [2.75, 3.05) is 0 Å². The fourth-order valence-corrected chi connectivity index (χ4v) is 6.52. The van der Waals surface area contributed by atoms with E-state index in [1.807, 2.05) is 38.1 Å². The zero-order chi connectivity index (χ0) is 23.9. The Morgan fingerprint density at radius 2 is 1.56 bits per heavy atom. The second-order valence-electron chi connectivity index (χ2n) is 11.2. The first-order valence-electron chi connectivity index (χ1n) is 12.3. The van der Waals surface area contributed by atoms with Crippen LogP contribution < -0.4 is 0 Å². The van der Waals surface area contributed by atoms with Gasteiger partial charge in [0.05, 0.1) is 26.4 Å². The lowest BCUT2D eigenvalue weighted by molar-refractivity contribution is -0.240. The van der Waals surface area contributed by atoms with Gasteiger partial charge in [-0.1, -0.05) is 80.3 Å². The lowest BCUT2D eigenvalue weighted by atomic mass is 10.0. The summed E-state index contributed by atoms with van der Waals surface area (Å²) in [4.78, 5) is 6.61. The molecule has 0 N–H and O–H groups in total. The molecular weight excluding hydrogens is 446 g/mol. The Morgan fingerprint density at radius 3 is 2.21 bits per heavy atom. The van der Waals surface area contributed by atoms with Crippen LogP contribution in [0.2, 0.25) is 19.6 Å². The van der Waals surface area contributed by atoms with Crippen LogP contribution in [0.4, 0.5) is 0 Å². The lowest BCUT2D eigenvalue weighted by Gasteiger charge is -2.32. The van der Waals surface area contributed by atoms with Gasteiger partial charge in [0.2, 0.25) is 0 Å². The molecule has 5 rings (SSSR count). The van der Waals surface area contributed by atoms with Crippen molar-refractivity contribution >= 4 is 8.07 Å². The summed E-state index contributed by atoms with van der Waals surface area (Å²) >= 11 is 0. The summed E-state index contributed by atoms with van der Waals surface area (Å²) in [6.45, 7) is 12.2. The zero-order valence-electron chi connectivity index (χ0n) is 20.8. The smallest absolute Gasteiger partial charge is 0.190 e. The molecule has 0 amide bonds. The highest BCUT2D eigenvalue weighted by atomic mass is 28.3. The molecule has 3 saturated heterocycles. The Balaban J connectivity index is 1.40. The minimum Gasteiger partial charge on any atom is -0.368 e. The van der Waals surface area contributed by atoms with Crippen molar-refractivity contribution in [1.82, 2.24) is 5.06 Å². The van der Waals surface area contributed by atoms with Gasteiger partial charge in [-0.05, 0) is 31.4 Å². The van der Waals surface area contributed by atoms with E-state index < -0.39 is 20.2 Å². The van der Waals surface area contributed by atoms with Gasteiger partial charge in [0.25, 0.3) is 0 Å². The number of fused-ring (bicyclic) bond motifs is 1. The van der Waals surface area contributed by atoms with Crippen molar-refractivity contribution in [2.45, 2.75) is 95.2 Å². The number of ether oxygens (including phenoxy) is 4. The molecule has 3 fully saturated rings. The topological polar surface area (TPSA) is 49.4 Å². The number of hydrogen-bond acceptors (Lipinski definition) is 6. The molecule has 3 aliphatic heterocycles. The van der Waals surface area contributed by atoms with Crippen LogP contribution in [-0.2, 0) is 36.9 Å². The fraction of sp³-hybridized carbons (Fsp3) is 0.556. The highest BCUT2D eigenvalue weighted by molar-refractivity contribution is 6.77. The molecule has 3 aliphatic rings. The third-order valence-electron chi connectivity index (χ3n) is 6.93. The Hall–Kier alpha value is -1.58. The zero-order valence-corrected chi connectivity index (χ0v) is 21.8. The second-order valence-corrected chi connectivity index (χ2v) is 16.5. The molecule has 0 aromatic heterocycles. The van der Waals surface area contributed by atoms with Crippen molar-refractivity contribution in [1.29, 1.82) is 0 Å². The van der Waals surface area contributed by atoms with Gasteiger partial charge >= 0.3 is 0 Å². The molecule has 0 spiro atoms. The molecule has 0 saturated carbocycles. The SMILES string of the molecule is CC1(C)O[C@H]2O[C@H]([C@H]3C[C@H]([Si](C)(C)C)ON3Cc3ccccc3)[C@@H](OCc3ccccc3)[C@H]2O1. The summed E-state index contributed by atoms with van der Waals surface area (Å²) in [5.74, 6) is -0.689. The Bertz CT molecular complexity index is 950. The van der Waals surface area contributed by atoms with E-state index >= 15 is 0 Å². The van der Waals surface area contributed by atoms with Gasteiger partial charge in [0, 0.05) is 6.54 Å². The quantitative estimate of drug-likeness (QED) is 0.522. The average molecular weight is 484 g/mol. The normalized spacial score (nSPS) is 33.3. The summed E-state index contributed by atoms with van der Waals surface area (Å²) in [5, 5.41) is 2.13. The van der Waals surface area contributed by atoms with E-state index in [-0.39, 0.29) is 30.1 Å². The molecule has 2 aromatic rings. The van der Waals surface area contributed by atoms with Crippen molar-refractivity contribution in [2.24, 2.45) is 0 Å². The van der Waals surface area contributed by atoms with Gasteiger partial charge < -0.3 is 18.9 Å². The molecule has 0 radical (unpaired) electrons. The third-order valence-corrected chi connectivity index (χ3v) is 9.20. The summed E-state index contributed by atoms with van der Waals surface area (Å²) < 4.78 is 25.5. The van der Waals surface area contributed by atoms with Crippen molar-refractivity contribution < 1.29 is 23.8 Å². The number of benzene rings is 2. The van der Waals surface area contributed by atoms with Crippen LogP contribution in [0.15, 0.2) is 60.7 Å². The first kappa shape index (κ1) is 24.1. The average Bonchev–Trinajstić information content (AvgIpc) is 3.43. The largest absolute Gasteiger partial charge is 0.368 e. The van der Waals surface area contributed by atoms with Crippen LogP contribution in [0.25, 0.3) is 0 Å². The minimum atomic E-state index is -1.54. The molecule has 3 heterocycles. The van der Waals surface area contributed by atoms with E-state index in [1.54, 1.807) is 0 Å².